The summed E-state index contributed by atoms with van der Waals surface area (Å²) in [6.45, 7) is 6.70. The second-order valence-electron chi connectivity index (χ2n) is 7.73. The molecule has 2 heterocycles. The van der Waals surface area contributed by atoms with Gasteiger partial charge in [0.05, 0.1) is 10.7 Å². The van der Waals surface area contributed by atoms with Crippen molar-refractivity contribution in [3.05, 3.63) is 75.7 Å². The average molecular weight is 434 g/mol. The smallest absolute Gasteiger partial charge is 0.248 e. The molecule has 0 spiro atoms. The van der Waals surface area contributed by atoms with E-state index in [2.05, 4.69) is 27.3 Å². The van der Waals surface area contributed by atoms with Crippen LogP contribution in [0.1, 0.15) is 34.7 Å². The second-order valence-corrected chi connectivity index (χ2v) is 8.79. The number of hydrogen-bond donors (Lipinski definition) is 1. The molecule has 0 unspecified atom stereocenters. The number of hydrogen-bond acceptors (Lipinski definition) is 5. The van der Waals surface area contributed by atoms with Crippen molar-refractivity contribution in [3.8, 4) is 5.75 Å². The van der Waals surface area contributed by atoms with Crippen LogP contribution in [0.2, 0.25) is 0 Å². The summed E-state index contributed by atoms with van der Waals surface area (Å²) in [6, 6.07) is 13.9. The Balaban J connectivity index is 1.30. The molecule has 0 radical (unpaired) electrons. The molecule has 1 fully saturated rings. The van der Waals surface area contributed by atoms with Crippen LogP contribution in [-0.2, 0) is 11.4 Å². The van der Waals surface area contributed by atoms with Crippen LogP contribution in [0.25, 0.3) is 6.08 Å². The molecule has 160 valence electrons. The lowest BCUT2D eigenvalue weighted by molar-refractivity contribution is -0.111. The summed E-state index contributed by atoms with van der Waals surface area (Å²) in [5, 5.41) is 6.02. The third-order valence-corrected chi connectivity index (χ3v) is 6.12. The summed E-state index contributed by atoms with van der Waals surface area (Å²) in [7, 11) is 0. The largest absolute Gasteiger partial charge is 0.487 e. The highest BCUT2D eigenvalue weighted by Gasteiger charge is 2.13. The molecular formula is C25H27N3O2S. The standard InChI is InChI=1S/C25H27N3O2S/c1-18-15-22(28-13-3-4-14-28)8-11-24(18)27-25(29)12-7-20-5-9-23(10-6-20)30-16-21-17-31-19(2)26-21/h5-12,15,17H,3-4,13-14,16H2,1-2H3,(H,27,29)/b12-7+. The van der Waals surface area contributed by atoms with Gasteiger partial charge in [-0.3, -0.25) is 4.79 Å². The molecule has 0 aliphatic carbocycles. The third kappa shape index (κ3) is 5.73. The fourth-order valence-electron chi connectivity index (χ4n) is 3.61. The lowest BCUT2D eigenvalue weighted by Gasteiger charge is -2.19. The zero-order chi connectivity index (χ0) is 21.6. The molecule has 1 saturated heterocycles. The van der Waals surface area contributed by atoms with Crippen LogP contribution in [0, 0.1) is 13.8 Å². The Morgan fingerprint density at radius 2 is 1.94 bits per heavy atom. The molecule has 0 bridgehead atoms. The van der Waals surface area contributed by atoms with Gasteiger partial charge in [-0.25, -0.2) is 4.98 Å². The SMILES string of the molecule is Cc1nc(COc2ccc(/C=C/C(=O)Nc3ccc(N4CCCC4)cc3C)cc2)cs1. The quantitative estimate of drug-likeness (QED) is 0.494. The summed E-state index contributed by atoms with van der Waals surface area (Å²) in [4.78, 5) is 19.2. The lowest BCUT2D eigenvalue weighted by Crippen LogP contribution is -2.18. The topological polar surface area (TPSA) is 54.5 Å². The number of anilines is 2. The van der Waals surface area contributed by atoms with Crippen molar-refractivity contribution in [1.29, 1.82) is 0 Å². The number of rotatable bonds is 7. The summed E-state index contributed by atoms with van der Waals surface area (Å²) in [5.41, 5.74) is 5.03. The maximum absolute atomic E-state index is 12.4. The van der Waals surface area contributed by atoms with E-state index in [0.29, 0.717) is 6.61 Å². The van der Waals surface area contributed by atoms with E-state index in [0.717, 1.165) is 46.4 Å². The summed E-state index contributed by atoms with van der Waals surface area (Å²) < 4.78 is 5.76. The Morgan fingerprint density at radius 1 is 1.16 bits per heavy atom. The number of benzene rings is 2. The zero-order valence-corrected chi connectivity index (χ0v) is 18.7. The van der Waals surface area contributed by atoms with E-state index in [4.69, 9.17) is 4.74 Å². The van der Waals surface area contributed by atoms with Gasteiger partial charge in [-0.1, -0.05) is 12.1 Å². The van der Waals surface area contributed by atoms with Crippen molar-refractivity contribution >= 4 is 34.7 Å². The molecule has 1 N–H and O–H groups in total. The summed E-state index contributed by atoms with van der Waals surface area (Å²) in [6.07, 6.45) is 5.86. The maximum Gasteiger partial charge on any atom is 0.248 e. The molecule has 1 aliphatic rings. The first-order valence-corrected chi connectivity index (χ1v) is 11.4. The molecule has 3 aromatic rings. The van der Waals surface area contributed by atoms with Gasteiger partial charge < -0.3 is 15.0 Å². The molecule has 4 rings (SSSR count). The Labute approximate surface area is 187 Å². The molecule has 1 amide bonds. The van der Waals surface area contributed by atoms with Gasteiger partial charge >= 0.3 is 0 Å². The first-order valence-electron chi connectivity index (χ1n) is 10.6. The number of aromatic nitrogens is 1. The third-order valence-electron chi connectivity index (χ3n) is 5.30. The van der Waals surface area contributed by atoms with Crippen LogP contribution in [0.5, 0.6) is 5.75 Å². The zero-order valence-electron chi connectivity index (χ0n) is 17.9. The number of amides is 1. The van der Waals surface area contributed by atoms with E-state index in [1.54, 1.807) is 23.5 Å². The van der Waals surface area contributed by atoms with Gasteiger partial charge in [-0.2, -0.15) is 0 Å². The molecule has 1 aliphatic heterocycles. The van der Waals surface area contributed by atoms with Crippen molar-refractivity contribution in [3.63, 3.8) is 0 Å². The van der Waals surface area contributed by atoms with Crippen molar-refractivity contribution < 1.29 is 9.53 Å². The first kappa shape index (κ1) is 21.1. The number of thiazole rings is 1. The van der Waals surface area contributed by atoms with Gasteiger partial charge in [0.25, 0.3) is 0 Å². The van der Waals surface area contributed by atoms with Gasteiger partial charge in [0, 0.05) is 35.9 Å². The maximum atomic E-state index is 12.4. The first-order chi connectivity index (χ1) is 15.1. The number of nitrogens with one attached hydrogen (secondary N) is 1. The molecule has 2 aromatic carbocycles. The normalized spacial score (nSPS) is 13.7. The molecule has 5 nitrogen and oxygen atoms in total. The molecular weight excluding hydrogens is 406 g/mol. The Hall–Kier alpha value is -3.12. The van der Waals surface area contributed by atoms with Crippen LogP contribution in [0.4, 0.5) is 11.4 Å². The number of aryl methyl sites for hydroxylation is 2. The highest BCUT2D eigenvalue weighted by molar-refractivity contribution is 7.09. The fourth-order valence-corrected chi connectivity index (χ4v) is 4.21. The molecule has 1 aromatic heterocycles. The van der Waals surface area contributed by atoms with E-state index in [1.165, 1.54) is 18.5 Å². The molecule has 0 saturated carbocycles. The highest BCUT2D eigenvalue weighted by atomic mass is 32.1. The van der Waals surface area contributed by atoms with Crippen LogP contribution < -0.4 is 15.0 Å². The predicted molar refractivity (Wildman–Crippen MR) is 128 cm³/mol. The van der Waals surface area contributed by atoms with Crippen molar-refractivity contribution in [1.82, 2.24) is 4.98 Å². The van der Waals surface area contributed by atoms with Crippen molar-refractivity contribution in [2.75, 3.05) is 23.3 Å². The lowest BCUT2D eigenvalue weighted by atomic mass is 10.1. The van der Waals surface area contributed by atoms with E-state index in [9.17, 15) is 4.79 Å². The van der Waals surface area contributed by atoms with Gasteiger partial charge in [0.1, 0.15) is 12.4 Å². The van der Waals surface area contributed by atoms with E-state index < -0.39 is 0 Å². The van der Waals surface area contributed by atoms with Crippen LogP contribution in [0.15, 0.2) is 53.9 Å². The number of carbonyl (C=O) groups is 1. The van der Waals surface area contributed by atoms with E-state index in [1.807, 2.05) is 49.6 Å². The second kappa shape index (κ2) is 9.79. The Morgan fingerprint density at radius 3 is 2.61 bits per heavy atom. The van der Waals surface area contributed by atoms with E-state index >= 15 is 0 Å². The highest BCUT2D eigenvalue weighted by Crippen LogP contribution is 2.25. The van der Waals surface area contributed by atoms with Gasteiger partial charge in [0.2, 0.25) is 5.91 Å². The van der Waals surface area contributed by atoms with Crippen LogP contribution in [0.3, 0.4) is 0 Å². The molecule has 6 heteroatoms. The minimum atomic E-state index is -0.142. The number of nitrogens with zero attached hydrogens (tertiary/aromatic N) is 2. The van der Waals surface area contributed by atoms with E-state index in [-0.39, 0.29) is 5.91 Å². The summed E-state index contributed by atoms with van der Waals surface area (Å²) >= 11 is 1.62. The van der Waals surface area contributed by atoms with Crippen LogP contribution in [-0.4, -0.2) is 24.0 Å². The Bertz CT molecular complexity index is 1070. The van der Waals surface area contributed by atoms with Crippen LogP contribution >= 0.6 is 11.3 Å². The summed E-state index contributed by atoms with van der Waals surface area (Å²) in [5.74, 6) is 0.636. The van der Waals surface area contributed by atoms with Crippen molar-refractivity contribution in [2.45, 2.75) is 33.3 Å². The molecule has 31 heavy (non-hydrogen) atoms. The number of carbonyl (C=O) groups excluding carboxylic acids is 1. The predicted octanol–water partition coefficient (Wildman–Crippen LogP) is 5.59. The Kier molecular flexibility index (Phi) is 6.67. The number of ether oxygens (including phenoxy) is 1. The van der Waals surface area contributed by atoms with Gasteiger partial charge in [0.15, 0.2) is 0 Å². The fraction of sp³-hybridized carbons (Fsp3) is 0.280. The van der Waals surface area contributed by atoms with Gasteiger partial charge in [-0.15, -0.1) is 11.3 Å². The minimum Gasteiger partial charge on any atom is -0.487 e. The minimum absolute atomic E-state index is 0.142. The van der Waals surface area contributed by atoms with Gasteiger partial charge in [-0.05, 0) is 74.2 Å². The monoisotopic (exact) mass is 433 g/mol. The molecule has 0 atom stereocenters. The van der Waals surface area contributed by atoms with Crippen molar-refractivity contribution in [2.24, 2.45) is 0 Å². The average Bonchev–Trinajstić information content (AvgIpc) is 3.45.